The second-order valence-corrected chi connectivity index (χ2v) is 6.79. The van der Waals surface area contributed by atoms with Gasteiger partial charge in [0, 0.05) is 23.7 Å². The zero-order chi connectivity index (χ0) is 17.6. The Morgan fingerprint density at radius 1 is 1.24 bits per heavy atom. The molecule has 1 aliphatic rings. The Morgan fingerprint density at radius 3 is 2.88 bits per heavy atom. The number of carbonyl (C=O) groups excluding carboxylic acids is 1. The van der Waals surface area contributed by atoms with Gasteiger partial charge in [0.1, 0.15) is 5.82 Å². The maximum absolute atomic E-state index is 12.7. The fourth-order valence-corrected chi connectivity index (χ4v) is 3.84. The molecule has 5 heteroatoms. The van der Waals surface area contributed by atoms with Gasteiger partial charge < -0.3 is 5.32 Å². The molecule has 3 aromatic rings. The predicted octanol–water partition coefficient (Wildman–Crippen LogP) is 3.26. The number of fused-ring (bicyclic) bond motifs is 2. The van der Waals surface area contributed by atoms with E-state index in [0.29, 0.717) is 6.42 Å². The summed E-state index contributed by atoms with van der Waals surface area (Å²) < 4.78 is 1.79. The molecule has 0 saturated heterocycles. The van der Waals surface area contributed by atoms with Crippen molar-refractivity contribution >= 4 is 22.6 Å². The van der Waals surface area contributed by atoms with Gasteiger partial charge in [-0.25, -0.2) is 0 Å². The Hall–Kier alpha value is -2.69. The molecule has 1 N–H and O–H groups in total. The number of para-hydroxylation sites is 1. The van der Waals surface area contributed by atoms with Crippen LogP contribution in [0.5, 0.6) is 0 Å². The van der Waals surface area contributed by atoms with Crippen molar-refractivity contribution in [2.75, 3.05) is 5.32 Å². The number of nitrogens with one attached hydrogen (secondary N) is 1. The van der Waals surface area contributed by atoms with Gasteiger partial charge in [-0.2, -0.15) is 5.10 Å². The van der Waals surface area contributed by atoms with E-state index in [-0.39, 0.29) is 5.91 Å². The molecule has 0 bridgehead atoms. The van der Waals surface area contributed by atoms with E-state index in [9.17, 15) is 4.79 Å². The number of anilines is 1. The largest absolute Gasteiger partial charge is 0.310 e. The number of carbonyl (C=O) groups is 1. The van der Waals surface area contributed by atoms with Crippen LogP contribution < -0.4 is 5.32 Å². The molecule has 5 nitrogen and oxygen atoms in total. The van der Waals surface area contributed by atoms with Crippen molar-refractivity contribution in [3.63, 3.8) is 0 Å². The Balaban J connectivity index is 1.62. The second kappa shape index (κ2) is 5.99. The summed E-state index contributed by atoms with van der Waals surface area (Å²) in [7, 11) is 1.89. The van der Waals surface area contributed by atoms with Crippen LogP contribution in [0.1, 0.15) is 34.5 Å². The third-order valence-electron chi connectivity index (χ3n) is 5.15. The molecule has 128 valence electrons. The number of hydrogen-bond acceptors (Lipinski definition) is 3. The standard InChI is InChI=1S/C20H22N4O/c1-12-14-7-4-5-9-17(14)21-13(2)16(12)11-19(25)22-20-15-8-6-10-18(15)23-24(20)3/h4-5,7,9H,6,8,10-11H2,1-3H3,(H,22,25). The van der Waals surface area contributed by atoms with Crippen LogP contribution in [0.4, 0.5) is 5.82 Å². The highest BCUT2D eigenvalue weighted by molar-refractivity contribution is 5.94. The molecule has 0 fully saturated rings. The summed E-state index contributed by atoms with van der Waals surface area (Å²) in [6.45, 7) is 4.05. The van der Waals surface area contributed by atoms with Crippen LogP contribution >= 0.6 is 0 Å². The Bertz CT molecular complexity index is 987. The van der Waals surface area contributed by atoms with Gasteiger partial charge in [-0.1, -0.05) is 18.2 Å². The zero-order valence-corrected chi connectivity index (χ0v) is 14.9. The molecule has 0 spiro atoms. The quantitative estimate of drug-likeness (QED) is 0.800. The Labute approximate surface area is 147 Å². The van der Waals surface area contributed by atoms with E-state index in [2.05, 4.69) is 28.4 Å². The van der Waals surface area contributed by atoms with E-state index < -0.39 is 0 Å². The zero-order valence-electron chi connectivity index (χ0n) is 14.9. The van der Waals surface area contributed by atoms with E-state index in [0.717, 1.165) is 58.5 Å². The van der Waals surface area contributed by atoms with Gasteiger partial charge in [0.15, 0.2) is 0 Å². The van der Waals surface area contributed by atoms with Crippen LogP contribution in [-0.2, 0) is 31.1 Å². The molecule has 0 atom stereocenters. The van der Waals surface area contributed by atoms with Crippen molar-refractivity contribution in [3.05, 3.63) is 52.3 Å². The van der Waals surface area contributed by atoms with Crippen molar-refractivity contribution in [2.24, 2.45) is 7.05 Å². The van der Waals surface area contributed by atoms with Crippen LogP contribution in [0.2, 0.25) is 0 Å². The van der Waals surface area contributed by atoms with E-state index >= 15 is 0 Å². The van der Waals surface area contributed by atoms with Gasteiger partial charge in [0.2, 0.25) is 5.91 Å². The van der Waals surface area contributed by atoms with E-state index in [1.54, 1.807) is 4.68 Å². The fourth-order valence-electron chi connectivity index (χ4n) is 3.84. The van der Waals surface area contributed by atoms with Crippen molar-refractivity contribution in [1.29, 1.82) is 0 Å². The van der Waals surface area contributed by atoms with E-state index in [1.807, 2.05) is 32.2 Å². The number of amides is 1. The van der Waals surface area contributed by atoms with Crippen molar-refractivity contribution in [1.82, 2.24) is 14.8 Å². The topological polar surface area (TPSA) is 59.8 Å². The normalized spacial score (nSPS) is 13.2. The van der Waals surface area contributed by atoms with E-state index in [4.69, 9.17) is 0 Å². The minimum atomic E-state index is -0.0130. The first-order valence-electron chi connectivity index (χ1n) is 8.74. The number of benzene rings is 1. The van der Waals surface area contributed by atoms with Crippen molar-refractivity contribution in [3.8, 4) is 0 Å². The molecule has 2 heterocycles. The summed E-state index contributed by atoms with van der Waals surface area (Å²) in [4.78, 5) is 17.4. The van der Waals surface area contributed by atoms with Crippen molar-refractivity contribution in [2.45, 2.75) is 39.5 Å². The molecule has 0 saturated carbocycles. The minimum absolute atomic E-state index is 0.0130. The van der Waals surface area contributed by atoms with E-state index in [1.165, 1.54) is 5.56 Å². The summed E-state index contributed by atoms with van der Waals surface area (Å²) in [6, 6.07) is 8.07. The highest BCUT2D eigenvalue weighted by Gasteiger charge is 2.22. The highest BCUT2D eigenvalue weighted by Crippen LogP contribution is 2.28. The number of aryl methyl sites for hydroxylation is 4. The summed E-state index contributed by atoms with van der Waals surface area (Å²) in [5, 5.41) is 8.70. The number of pyridine rings is 1. The maximum Gasteiger partial charge on any atom is 0.230 e. The molecule has 0 radical (unpaired) electrons. The molecule has 1 aromatic carbocycles. The first kappa shape index (κ1) is 15.8. The Morgan fingerprint density at radius 2 is 2.04 bits per heavy atom. The minimum Gasteiger partial charge on any atom is -0.310 e. The molecule has 0 aliphatic heterocycles. The first-order valence-corrected chi connectivity index (χ1v) is 8.74. The average Bonchev–Trinajstić information content (AvgIpc) is 3.14. The summed E-state index contributed by atoms with van der Waals surface area (Å²) in [5.41, 5.74) is 6.36. The van der Waals surface area contributed by atoms with Gasteiger partial charge >= 0.3 is 0 Å². The second-order valence-electron chi connectivity index (χ2n) is 6.79. The highest BCUT2D eigenvalue weighted by atomic mass is 16.1. The molecule has 0 unspecified atom stereocenters. The third kappa shape index (κ3) is 2.69. The monoisotopic (exact) mass is 334 g/mol. The smallest absolute Gasteiger partial charge is 0.230 e. The van der Waals surface area contributed by atoms with Crippen LogP contribution in [0.3, 0.4) is 0 Å². The molecule has 2 aromatic heterocycles. The number of hydrogen-bond donors (Lipinski definition) is 1. The lowest BCUT2D eigenvalue weighted by Gasteiger charge is -2.13. The maximum atomic E-state index is 12.7. The molecule has 1 aliphatic carbocycles. The first-order chi connectivity index (χ1) is 12.0. The molecule has 4 rings (SSSR count). The van der Waals surface area contributed by atoms with Gasteiger partial charge in [-0.15, -0.1) is 0 Å². The van der Waals surface area contributed by atoms with Gasteiger partial charge in [-0.3, -0.25) is 14.5 Å². The van der Waals surface area contributed by atoms with Gasteiger partial charge in [-0.05, 0) is 50.3 Å². The average molecular weight is 334 g/mol. The van der Waals surface area contributed by atoms with Crippen LogP contribution in [0.15, 0.2) is 24.3 Å². The summed E-state index contributed by atoms with van der Waals surface area (Å²) in [6.07, 6.45) is 3.45. The third-order valence-corrected chi connectivity index (χ3v) is 5.15. The number of rotatable bonds is 3. The van der Waals surface area contributed by atoms with Crippen LogP contribution in [0.25, 0.3) is 10.9 Å². The van der Waals surface area contributed by atoms with Crippen molar-refractivity contribution < 1.29 is 4.79 Å². The van der Waals surface area contributed by atoms with Gasteiger partial charge in [0.25, 0.3) is 0 Å². The number of nitrogens with zero attached hydrogens (tertiary/aromatic N) is 3. The van der Waals surface area contributed by atoms with Crippen LogP contribution in [0, 0.1) is 13.8 Å². The lowest BCUT2D eigenvalue weighted by Crippen LogP contribution is -2.19. The predicted molar refractivity (Wildman–Crippen MR) is 98.8 cm³/mol. The summed E-state index contributed by atoms with van der Waals surface area (Å²) >= 11 is 0. The lowest BCUT2D eigenvalue weighted by molar-refractivity contribution is -0.115. The lowest BCUT2D eigenvalue weighted by atomic mass is 9.99. The molecular weight excluding hydrogens is 312 g/mol. The van der Waals surface area contributed by atoms with Crippen LogP contribution in [-0.4, -0.2) is 20.7 Å². The molecule has 1 amide bonds. The molecular formula is C20H22N4O. The SMILES string of the molecule is Cc1nc2ccccc2c(C)c1CC(=O)Nc1c2c(nn1C)CCC2. The fraction of sp³-hybridized carbons (Fsp3) is 0.350. The van der Waals surface area contributed by atoms with Gasteiger partial charge in [0.05, 0.1) is 17.6 Å². The summed E-state index contributed by atoms with van der Waals surface area (Å²) in [5.74, 6) is 0.836. The Kier molecular flexibility index (Phi) is 3.79. The molecule has 25 heavy (non-hydrogen) atoms. The number of aromatic nitrogens is 3.